The number of benzene rings is 1. The first kappa shape index (κ1) is 16.1. The third-order valence-corrected chi connectivity index (χ3v) is 4.03. The largest absolute Gasteiger partial charge is 0.497 e. The SMILES string of the molecule is COc1ccc2oc(C(=O)NN3CCC(NC(=O)O)CC3)cc2c1. The average molecular weight is 333 g/mol. The highest BCUT2D eigenvalue weighted by molar-refractivity contribution is 5.96. The van der Waals surface area contributed by atoms with E-state index in [1.165, 1.54) is 0 Å². The number of hydrogen-bond donors (Lipinski definition) is 3. The van der Waals surface area contributed by atoms with Crippen LogP contribution >= 0.6 is 0 Å². The molecule has 1 aromatic carbocycles. The number of hydrogen-bond acceptors (Lipinski definition) is 5. The number of furan rings is 1. The minimum atomic E-state index is -1.02. The molecule has 8 heteroatoms. The first-order valence-electron chi connectivity index (χ1n) is 7.68. The molecule has 3 rings (SSSR count). The van der Waals surface area contributed by atoms with Crippen LogP contribution in [0.1, 0.15) is 23.4 Å². The summed E-state index contributed by atoms with van der Waals surface area (Å²) in [5, 5.41) is 13.7. The van der Waals surface area contributed by atoms with Gasteiger partial charge in [-0.3, -0.25) is 10.2 Å². The fourth-order valence-electron chi connectivity index (χ4n) is 2.77. The number of fused-ring (bicyclic) bond motifs is 1. The highest BCUT2D eigenvalue weighted by Crippen LogP contribution is 2.24. The number of nitrogens with zero attached hydrogens (tertiary/aromatic N) is 1. The number of piperidine rings is 1. The van der Waals surface area contributed by atoms with Gasteiger partial charge >= 0.3 is 12.0 Å². The number of ether oxygens (including phenoxy) is 1. The Bertz CT molecular complexity index is 749. The molecule has 2 amide bonds. The zero-order chi connectivity index (χ0) is 17.1. The van der Waals surface area contributed by atoms with Crippen molar-refractivity contribution in [3.8, 4) is 5.75 Å². The van der Waals surface area contributed by atoms with Crippen molar-refractivity contribution in [2.24, 2.45) is 0 Å². The predicted molar refractivity (Wildman–Crippen MR) is 86.0 cm³/mol. The number of amides is 2. The Morgan fingerprint density at radius 3 is 2.71 bits per heavy atom. The van der Waals surface area contributed by atoms with Gasteiger partial charge in [-0.1, -0.05) is 0 Å². The van der Waals surface area contributed by atoms with Gasteiger partial charge < -0.3 is 19.6 Å². The van der Waals surface area contributed by atoms with Crippen molar-refractivity contribution in [3.63, 3.8) is 0 Å². The Hall–Kier alpha value is -2.74. The highest BCUT2D eigenvalue weighted by Gasteiger charge is 2.23. The second-order valence-corrected chi connectivity index (χ2v) is 5.67. The fraction of sp³-hybridized carbons (Fsp3) is 0.375. The number of rotatable bonds is 4. The summed E-state index contributed by atoms with van der Waals surface area (Å²) >= 11 is 0. The molecule has 1 saturated heterocycles. The predicted octanol–water partition coefficient (Wildman–Crippen LogP) is 1.82. The van der Waals surface area contributed by atoms with Crippen molar-refractivity contribution < 1.29 is 23.8 Å². The molecule has 1 aliphatic heterocycles. The van der Waals surface area contributed by atoms with E-state index in [1.54, 1.807) is 36.4 Å². The van der Waals surface area contributed by atoms with Crippen molar-refractivity contribution >= 4 is 23.0 Å². The van der Waals surface area contributed by atoms with E-state index in [0.29, 0.717) is 37.3 Å². The third-order valence-electron chi connectivity index (χ3n) is 4.03. The van der Waals surface area contributed by atoms with Crippen LogP contribution in [-0.4, -0.2) is 48.4 Å². The van der Waals surface area contributed by atoms with Gasteiger partial charge in [-0.15, -0.1) is 0 Å². The van der Waals surface area contributed by atoms with Crippen molar-refractivity contribution in [2.45, 2.75) is 18.9 Å². The quantitative estimate of drug-likeness (QED) is 0.788. The standard InChI is InChI=1S/C16H19N3O5/c1-23-12-2-3-13-10(8-12)9-14(24-13)15(20)18-19-6-4-11(5-7-19)17-16(21)22/h2-3,8-9,11,17H,4-7H2,1H3,(H,18,20)(H,21,22). The molecule has 0 atom stereocenters. The molecule has 3 N–H and O–H groups in total. The molecular weight excluding hydrogens is 314 g/mol. The first-order valence-corrected chi connectivity index (χ1v) is 7.68. The molecule has 0 unspecified atom stereocenters. The second-order valence-electron chi connectivity index (χ2n) is 5.67. The first-order chi connectivity index (χ1) is 11.5. The number of methoxy groups -OCH3 is 1. The van der Waals surface area contributed by atoms with E-state index in [0.717, 1.165) is 5.39 Å². The topological polar surface area (TPSA) is 104 Å². The van der Waals surface area contributed by atoms with Crippen LogP contribution in [0.2, 0.25) is 0 Å². The molecule has 1 fully saturated rings. The molecule has 1 aromatic heterocycles. The fourth-order valence-corrected chi connectivity index (χ4v) is 2.77. The molecule has 128 valence electrons. The Balaban J connectivity index is 1.60. The molecule has 1 aliphatic rings. The number of carboxylic acid groups (broad SMARTS) is 1. The van der Waals surface area contributed by atoms with Gasteiger partial charge in [-0.2, -0.15) is 0 Å². The molecule has 0 saturated carbocycles. The molecule has 2 heterocycles. The maximum absolute atomic E-state index is 12.3. The molecule has 8 nitrogen and oxygen atoms in total. The maximum atomic E-state index is 12.3. The van der Waals surface area contributed by atoms with Crippen molar-refractivity contribution in [2.75, 3.05) is 20.2 Å². The Kier molecular flexibility index (Phi) is 4.57. The van der Waals surface area contributed by atoms with Crippen LogP contribution in [0, 0.1) is 0 Å². The minimum Gasteiger partial charge on any atom is -0.497 e. The molecular formula is C16H19N3O5. The third kappa shape index (κ3) is 3.60. The lowest BCUT2D eigenvalue weighted by molar-refractivity contribution is 0.0695. The van der Waals surface area contributed by atoms with Gasteiger partial charge in [0.25, 0.3) is 0 Å². The smallest absolute Gasteiger partial charge is 0.404 e. The number of carbonyl (C=O) groups excluding carboxylic acids is 1. The van der Waals surface area contributed by atoms with Crippen LogP contribution in [0.3, 0.4) is 0 Å². The Labute approximate surface area is 138 Å². The average Bonchev–Trinajstić information content (AvgIpc) is 2.99. The van der Waals surface area contributed by atoms with E-state index in [2.05, 4.69) is 10.7 Å². The minimum absolute atomic E-state index is 0.0747. The molecule has 0 radical (unpaired) electrons. The van der Waals surface area contributed by atoms with Gasteiger partial charge in [0.05, 0.1) is 7.11 Å². The van der Waals surface area contributed by atoms with Crippen LogP contribution in [0.25, 0.3) is 11.0 Å². The lowest BCUT2D eigenvalue weighted by Crippen LogP contribution is -2.50. The van der Waals surface area contributed by atoms with Crippen LogP contribution in [-0.2, 0) is 0 Å². The van der Waals surface area contributed by atoms with E-state index in [1.807, 2.05) is 0 Å². The lowest BCUT2D eigenvalue weighted by atomic mass is 10.1. The molecule has 0 aliphatic carbocycles. The maximum Gasteiger partial charge on any atom is 0.404 e. The zero-order valence-electron chi connectivity index (χ0n) is 13.2. The summed E-state index contributed by atoms with van der Waals surface area (Å²) in [6.07, 6.45) is 0.267. The van der Waals surface area contributed by atoms with Gasteiger partial charge in [0.15, 0.2) is 5.76 Å². The van der Waals surface area contributed by atoms with Gasteiger partial charge in [-0.05, 0) is 37.1 Å². The van der Waals surface area contributed by atoms with E-state index in [9.17, 15) is 9.59 Å². The van der Waals surface area contributed by atoms with Crippen LogP contribution in [0.4, 0.5) is 4.79 Å². The summed E-state index contributed by atoms with van der Waals surface area (Å²) in [5.41, 5.74) is 3.41. The highest BCUT2D eigenvalue weighted by atomic mass is 16.5. The lowest BCUT2D eigenvalue weighted by Gasteiger charge is -2.31. The molecule has 24 heavy (non-hydrogen) atoms. The van der Waals surface area contributed by atoms with Gasteiger partial charge in [0, 0.05) is 24.5 Å². The number of hydrazine groups is 1. The number of carbonyl (C=O) groups is 2. The van der Waals surface area contributed by atoms with Crippen LogP contribution in [0.5, 0.6) is 5.75 Å². The van der Waals surface area contributed by atoms with E-state index >= 15 is 0 Å². The summed E-state index contributed by atoms with van der Waals surface area (Å²) in [6, 6.07) is 6.93. The van der Waals surface area contributed by atoms with Crippen LogP contribution in [0.15, 0.2) is 28.7 Å². The summed E-state index contributed by atoms with van der Waals surface area (Å²) < 4.78 is 10.7. The van der Waals surface area contributed by atoms with Crippen molar-refractivity contribution in [3.05, 3.63) is 30.0 Å². The van der Waals surface area contributed by atoms with Crippen molar-refractivity contribution in [1.82, 2.24) is 15.8 Å². The van der Waals surface area contributed by atoms with E-state index in [4.69, 9.17) is 14.3 Å². The van der Waals surface area contributed by atoms with Gasteiger partial charge in [0.2, 0.25) is 0 Å². The zero-order valence-corrected chi connectivity index (χ0v) is 13.2. The number of nitrogens with one attached hydrogen (secondary N) is 2. The molecule has 0 bridgehead atoms. The summed E-state index contributed by atoms with van der Waals surface area (Å²) in [7, 11) is 1.58. The molecule has 0 spiro atoms. The summed E-state index contributed by atoms with van der Waals surface area (Å²) in [4.78, 5) is 22.9. The van der Waals surface area contributed by atoms with Crippen molar-refractivity contribution in [1.29, 1.82) is 0 Å². The van der Waals surface area contributed by atoms with Gasteiger partial charge in [0.1, 0.15) is 11.3 Å². The van der Waals surface area contributed by atoms with E-state index in [-0.39, 0.29) is 17.7 Å². The van der Waals surface area contributed by atoms with Gasteiger partial charge in [-0.25, -0.2) is 9.80 Å². The monoisotopic (exact) mass is 333 g/mol. The second kappa shape index (κ2) is 6.79. The molecule has 2 aromatic rings. The van der Waals surface area contributed by atoms with E-state index < -0.39 is 6.09 Å². The Morgan fingerprint density at radius 2 is 2.04 bits per heavy atom. The summed E-state index contributed by atoms with van der Waals surface area (Å²) in [5.74, 6) is 0.599. The Morgan fingerprint density at radius 1 is 1.29 bits per heavy atom. The normalized spacial score (nSPS) is 16.0. The summed E-state index contributed by atoms with van der Waals surface area (Å²) in [6.45, 7) is 1.15. The van der Waals surface area contributed by atoms with Crippen LogP contribution < -0.4 is 15.5 Å².